The molecule has 2 aromatic rings. The lowest BCUT2D eigenvalue weighted by atomic mass is 10.2. The standard InChI is InChI=1S/C23H28ClN3O2/c1-29-22-10-8-21(9-11-22)27-17-15-26(16-18-27)14-2-13-25-23(28)12-5-19-3-6-20(24)7-4-19/h3-12H,2,13-18H2,1H3,(H,25,28)/b12-5+. The summed E-state index contributed by atoms with van der Waals surface area (Å²) in [7, 11) is 1.69. The SMILES string of the molecule is COc1ccc(N2CCN(CCCNC(=O)/C=C/c3ccc(Cl)cc3)CC2)cc1. The summed E-state index contributed by atoms with van der Waals surface area (Å²) >= 11 is 5.86. The van der Waals surface area contributed by atoms with Gasteiger partial charge in [-0.05, 0) is 61.0 Å². The normalized spacial score (nSPS) is 14.9. The molecule has 0 unspecified atom stereocenters. The second-order valence-electron chi connectivity index (χ2n) is 7.06. The summed E-state index contributed by atoms with van der Waals surface area (Å²) < 4.78 is 5.22. The van der Waals surface area contributed by atoms with Gasteiger partial charge < -0.3 is 15.0 Å². The zero-order valence-corrected chi connectivity index (χ0v) is 17.6. The van der Waals surface area contributed by atoms with Gasteiger partial charge >= 0.3 is 0 Å². The van der Waals surface area contributed by atoms with E-state index in [1.54, 1.807) is 19.3 Å². The van der Waals surface area contributed by atoms with Crippen molar-refractivity contribution in [3.05, 3.63) is 65.2 Å². The van der Waals surface area contributed by atoms with Crippen molar-refractivity contribution >= 4 is 29.3 Å². The van der Waals surface area contributed by atoms with Gasteiger partial charge in [-0.15, -0.1) is 0 Å². The lowest BCUT2D eigenvalue weighted by Gasteiger charge is -2.36. The minimum Gasteiger partial charge on any atom is -0.497 e. The highest BCUT2D eigenvalue weighted by atomic mass is 35.5. The fourth-order valence-corrected chi connectivity index (χ4v) is 3.47. The highest BCUT2D eigenvalue weighted by Gasteiger charge is 2.16. The van der Waals surface area contributed by atoms with Gasteiger partial charge in [0.05, 0.1) is 7.11 Å². The first-order valence-corrected chi connectivity index (χ1v) is 10.3. The predicted molar refractivity (Wildman–Crippen MR) is 120 cm³/mol. The maximum Gasteiger partial charge on any atom is 0.243 e. The minimum absolute atomic E-state index is 0.0655. The van der Waals surface area contributed by atoms with Crippen LogP contribution in [-0.2, 0) is 4.79 Å². The topological polar surface area (TPSA) is 44.8 Å². The second kappa shape index (κ2) is 10.9. The average molecular weight is 414 g/mol. The van der Waals surface area contributed by atoms with Crippen LogP contribution in [0, 0.1) is 0 Å². The van der Waals surface area contributed by atoms with Crippen LogP contribution in [0.3, 0.4) is 0 Å². The van der Waals surface area contributed by atoms with Crippen LogP contribution in [0.25, 0.3) is 6.08 Å². The fourth-order valence-electron chi connectivity index (χ4n) is 3.34. The van der Waals surface area contributed by atoms with Crippen LogP contribution in [0.2, 0.25) is 5.02 Å². The highest BCUT2D eigenvalue weighted by Crippen LogP contribution is 2.20. The van der Waals surface area contributed by atoms with E-state index < -0.39 is 0 Å². The molecule has 6 heteroatoms. The van der Waals surface area contributed by atoms with Gasteiger partial charge in [-0.3, -0.25) is 9.69 Å². The summed E-state index contributed by atoms with van der Waals surface area (Å²) in [4.78, 5) is 16.8. The van der Waals surface area contributed by atoms with Crippen LogP contribution in [0.4, 0.5) is 5.69 Å². The number of nitrogens with one attached hydrogen (secondary N) is 1. The molecule has 1 N–H and O–H groups in total. The number of anilines is 1. The number of piperazine rings is 1. The zero-order chi connectivity index (χ0) is 20.5. The molecule has 154 valence electrons. The van der Waals surface area contributed by atoms with E-state index in [9.17, 15) is 4.79 Å². The Labute approximate surface area is 177 Å². The molecule has 1 aliphatic rings. The third-order valence-electron chi connectivity index (χ3n) is 5.06. The number of rotatable bonds is 8. The molecule has 1 aliphatic heterocycles. The Morgan fingerprint density at radius 3 is 2.41 bits per heavy atom. The first-order valence-electron chi connectivity index (χ1n) is 9.97. The molecule has 0 aliphatic carbocycles. The zero-order valence-electron chi connectivity index (χ0n) is 16.8. The van der Waals surface area contributed by atoms with Crippen molar-refractivity contribution in [2.45, 2.75) is 6.42 Å². The van der Waals surface area contributed by atoms with E-state index in [4.69, 9.17) is 16.3 Å². The number of hydrogen-bond acceptors (Lipinski definition) is 4. The van der Waals surface area contributed by atoms with Gasteiger partial charge in [0.2, 0.25) is 5.91 Å². The first-order chi connectivity index (χ1) is 14.1. The Bertz CT molecular complexity index is 798. The molecule has 0 spiro atoms. The molecule has 0 aromatic heterocycles. The maximum absolute atomic E-state index is 11.9. The Morgan fingerprint density at radius 1 is 1.07 bits per heavy atom. The van der Waals surface area contributed by atoms with Crippen molar-refractivity contribution < 1.29 is 9.53 Å². The van der Waals surface area contributed by atoms with Gasteiger partial charge in [0.15, 0.2) is 0 Å². The largest absolute Gasteiger partial charge is 0.497 e. The smallest absolute Gasteiger partial charge is 0.243 e. The van der Waals surface area contributed by atoms with Gasteiger partial charge in [-0.25, -0.2) is 0 Å². The van der Waals surface area contributed by atoms with Crippen LogP contribution >= 0.6 is 11.6 Å². The summed E-state index contributed by atoms with van der Waals surface area (Å²) in [6.07, 6.45) is 4.31. The van der Waals surface area contributed by atoms with E-state index in [1.165, 1.54) is 5.69 Å². The van der Waals surface area contributed by atoms with E-state index in [0.717, 1.165) is 50.5 Å². The van der Waals surface area contributed by atoms with E-state index in [2.05, 4.69) is 27.2 Å². The summed E-state index contributed by atoms with van der Waals surface area (Å²) in [6, 6.07) is 15.6. The molecule has 0 saturated carbocycles. The van der Waals surface area contributed by atoms with Gasteiger partial charge in [0, 0.05) is 49.5 Å². The van der Waals surface area contributed by atoms with Crippen LogP contribution in [0.1, 0.15) is 12.0 Å². The van der Waals surface area contributed by atoms with Crippen LogP contribution in [0.5, 0.6) is 5.75 Å². The molecule has 1 heterocycles. The summed E-state index contributed by atoms with van der Waals surface area (Å²) in [6.45, 7) is 5.79. The molecule has 29 heavy (non-hydrogen) atoms. The molecular weight excluding hydrogens is 386 g/mol. The van der Waals surface area contributed by atoms with Crippen LogP contribution in [-0.4, -0.2) is 57.2 Å². The number of benzene rings is 2. The average Bonchev–Trinajstić information content (AvgIpc) is 2.77. The van der Waals surface area contributed by atoms with Crippen LogP contribution in [0.15, 0.2) is 54.6 Å². The minimum atomic E-state index is -0.0655. The summed E-state index contributed by atoms with van der Waals surface area (Å²) in [5.41, 5.74) is 2.20. The number of methoxy groups -OCH3 is 1. The van der Waals surface area contributed by atoms with Gasteiger partial charge in [-0.1, -0.05) is 23.7 Å². The molecule has 3 rings (SSSR count). The number of amides is 1. The van der Waals surface area contributed by atoms with Gasteiger partial charge in [0.25, 0.3) is 0 Å². The number of nitrogens with zero attached hydrogens (tertiary/aromatic N) is 2. The lowest BCUT2D eigenvalue weighted by molar-refractivity contribution is -0.116. The molecule has 1 amide bonds. The first kappa shape index (κ1) is 21.2. The van der Waals surface area contributed by atoms with E-state index in [-0.39, 0.29) is 5.91 Å². The maximum atomic E-state index is 11.9. The molecule has 0 atom stereocenters. The van der Waals surface area contributed by atoms with E-state index >= 15 is 0 Å². The number of ether oxygens (including phenoxy) is 1. The van der Waals surface area contributed by atoms with Crippen molar-refractivity contribution in [2.75, 3.05) is 51.3 Å². The Morgan fingerprint density at radius 2 is 1.76 bits per heavy atom. The summed E-state index contributed by atoms with van der Waals surface area (Å²) in [5.74, 6) is 0.821. The van der Waals surface area contributed by atoms with Crippen molar-refractivity contribution in [1.82, 2.24) is 10.2 Å². The predicted octanol–water partition coefficient (Wildman–Crippen LogP) is 3.69. The third-order valence-corrected chi connectivity index (χ3v) is 5.31. The lowest BCUT2D eigenvalue weighted by Crippen LogP contribution is -2.47. The monoisotopic (exact) mass is 413 g/mol. The molecular formula is C23H28ClN3O2. The quantitative estimate of drug-likeness (QED) is 0.529. The van der Waals surface area contributed by atoms with Crippen molar-refractivity contribution in [1.29, 1.82) is 0 Å². The van der Waals surface area contributed by atoms with E-state index in [0.29, 0.717) is 11.6 Å². The highest BCUT2D eigenvalue weighted by molar-refractivity contribution is 6.30. The molecule has 0 bridgehead atoms. The Kier molecular flexibility index (Phi) is 7.96. The molecule has 2 aromatic carbocycles. The summed E-state index contributed by atoms with van der Waals surface area (Å²) in [5, 5.41) is 3.64. The Balaban J connectivity index is 1.31. The van der Waals surface area contributed by atoms with Gasteiger partial charge in [0.1, 0.15) is 5.75 Å². The molecule has 1 fully saturated rings. The Hall–Kier alpha value is -2.50. The van der Waals surface area contributed by atoms with Crippen LogP contribution < -0.4 is 15.0 Å². The number of carbonyl (C=O) groups excluding carboxylic acids is 1. The third kappa shape index (κ3) is 6.80. The molecule has 1 saturated heterocycles. The fraction of sp³-hybridized carbons (Fsp3) is 0.348. The van der Waals surface area contributed by atoms with Crippen molar-refractivity contribution in [3.8, 4) is 5.75 Å². The van der Waals surface area contributed by atoms with E-state index in [1.807, 2.05) is 36.4 Å². The second-order valence-corrected chi connectivity index (χ2v) is 7.49. The number of hydrogen-bond donors (Lipinski definition) is 1. The van der Waals surface area contributed by atoms with Crippen molar-refractivity contribution in [2.24, 2.45) is 0 Å². The molecule has 0 radical (unpaired) electrons. The van der Waals surface area contributed by atoms with Gasteiger partial charge in [-0.2, -0.15) is 0 Å². The molecule has 5 nitrogen and oxygen atoms in total. The number of carbonyl (C=O) groups is 1. The number of halogens is 1. The van der Waals surface area contributed by atoms with Crippen molar-refractivity contribution in [3.63, 3.8) is 0 Å².